The average Bonchev–Trinajstić information content (AvgIpc) is 2.94. The number of hydrogen-bond donors (Lipinski definition) is 0. The van der Waals surface area contributed by atoms with E-state index in [1.807, 2.05) is 25.2 Å². The van der Waals surface area contributed by atoms with Crippen molar-refractivity contribution < 1.29 is 18.3 Å². The van der Waals surface area contributed by atoms with E-state index in [4.69, 9.17) is 4.74 Å². The SMILES string of the molecule is CN1C(=O)c2ccccc2OC2CN(C3CCC(F)(F)CC3)CC21. The van der Waals surface area contributed by atoms with E-state index in [0.29, 0.717) is 37.2 Å². The molecule has 0 N–H and O–H groups in total. The molecule has 1 aliphatic carbocycles. The van der Waals surface area contributed by atoms with Gasteiger partial charge in [-0.1, -0.05) is 12.1 Å². The fourth-order valence-electron chi connectivity index (χ4n) is 4.21. The Kier molecular flexibility index (Phi) is 3.75. The molecule has 24 heavy (non-hydrogen) atoms. The molecule has 2 unspecified atom stereocenters. The van der Waals surface area contributed by atoms with Gasteiger partial charge in [0.1, 0.15) is 11.9 Å². The number of para-hydroxylation sites is 1. The Morgan fingerprint density at radius 3 is 2.62 bits per heavy atom. The molecule has 1 amide bonds. The molecule has 1 aromatic carbocycles. The van der Waals surface area contributed by atoms with Gasteiger partial charge in [0, 0.05) is 39.0 Å². The number of likely N-dealkylation sites (N-methyl/N-ethyl adjacent to an activating group) is 1. The van der Waals surface area contributed by atoms with Crippen LogP contribution in [-0.4, -0.2) is 60.0 Å². The first-order chi connectivity index (χ1) is 11.4. The topological polar surface area (TPSA) is 32.8 Å². The van der Waals surface area contributed by atoms with E-state index in [1.165, 1.54) is 0 Å². The van der Waals surface area contributed by atoms with Crippen LogP contribution in [0.15, 0.2) is 24.3 Å². The van der Waals surface area contributed by atoms with Crippen LogP contribution < -0.4 is 4.74 Å². The van der Waals surface area contributed by atoms with Gasteiger partial charge in [-0.25, -0.2) is 8.78 Å². The Morgan fingerprint density at radius 1 is 1.17 bits per heavy atom. The van der Waals surface area contributed by atoms with Crippen molar-refractivity contribution in [3.05, 3.63) is 29.8 Å². The van der Waals surface area contributed by atoms with Gasteiger partial charge in [-0.3, -0.25) is 9.69 Å². The first-order valence-corrected chi connectivity index (χ1v) is 8.59. The zero-order valence-electron chi connectivity index (χ0n) is 13.8. The van der Waals surface area contributed by atoms with E-state index < -0.39 is 5.92 Å². The van der Waals surface area contributed by atoms with Gasteiger partial charge in [0.2, 0.25) is 5.92 Å². The van der Waals surface area contributed by atoms with Gasteiger partial charge in [-0.15, -0.1) is 0 Å². The second-order valence-corrected chi connectivity index (χ2v) is 7.18. The molecule has 0 radical (unpaired) electrons. The lowest BCUT2D eigenvalue weighted by molar-refractivity contribution is -0.0523. The third-order valence-corrected chi connectivity index (χ3v) is 5.68. The molecule has 4 nitrogen and oxygen atoms in total. The summed E-state index contributed by atoms with van der Waals surface area (Å²) < 4.78 is 32.9. The maximum atomic E-state index is 13.4. The number of halogens is 2. The minimum atomic E-state index is -2.51. The number of hydrogen-bond acceptors (Lipinski definition) is 3. The van der Waals surface area contributed by atoms with Gasteiger partial charge in [0.25, 0.3) is 5.91 Å². The quantitative estimate of drug-likeness (QED) is 0.791. The molecule has 0 bridgehead atoms. The van der Waals surface area contributed by atoms with Crippen LogP contribution in [0.2, 0.25) is 0 Å². The molecule has 6 heteroatoms. The number of likely N-dealkylation sites (tertiary alicyclic amines) is 1. The molecule has 0 spiro atoms. The number of rotatable bonds is 1. The van der Waals surface area contributed by atoms with Crippen molar-refractivity contribution in [2.45, 2.75) is 49.8 Å². The van der Waals surface area contributed by atoms with Crippen molar-refractivity contribution in [3.8, 4) is 5.75 Å². The molecule has 1 saturated carbocycles. The van der Waals surface area contributed by atoms with Crippen molar-refractivity contribution >= 4 is 5.91 Å². The van der Waals surface area contributed by atoms with Gasteiger partial charge in [-0.05, 0) is 25.0 Å². The molecule has 2 heterocycles. The Bertz CT molecular complexity index is 642. The van der Waals surface area contributed by atoms with Crippen LogP contribution in [0, 0.1) is 0 Å². The zero-order chi connectivity index (χ0) is 16.9. The number of alkyl halides is 2. The van der Waals surface area contributed by atoms with Crippen LogP contribution in [0.3, 0.4) is 0 Å². The Labute approximate surface area is 140 Å². The van der Waals surface area contributed by atoms with E-state index in [0.717, 1.165) is 0 Å². The summed E-state index contributed by atoms with van der Waals surface area (Å²) in [4.78, 5) is 16.7. The maximum absolute atomic E-state index is 13.4. The van der Waals surface area contributed by atoms with Crippen molar-refractivity contribution in [1.82, 2.24) is 9.80 Å². The Balaban J connectivity index is 1.52. The Hall–Kier alpha value is -1.69. The highest BCUT2D eigenvalue weighted by Crippen LogP contribution is 2.38. The van der Waals surface area contributed by atoms with Crippen molar-refractivity contribution in [2.75, 3.05) is 20.1 Å². The van der Waals surface area contributed by atoms with Gasteiger partial charge >= 0.3 is 0 Å². The molecule has 1 saturated heterocycles. The van der Waals surface area contributed by atoms with Crippen molar-refractivity contribution in [3.63, 3.8) is 0 Å². The summed E-state index contributed by atoms with van der Waals surface area (Å²) in [6, 6.07) is 7.45. The summed E-state index contributed by atoms with van der Waals surface area (Å²) in [5, 5.41) is 0. The number of carbonyl (C=O) groups is 1. The molecule has 2 aliphatic heterocycles. The molecule has 0 aromatic heterocycles. The van der Waals surface area contributed by atoms with Gasteiger partial charge in [0.05, 0.1) is 11.6 Å². The van der Waals surface area contributed by atoms with E-state index in [9.17, 15) is 13.6 Å². The Morgan fingerprint density at radius 2 is 1.88 bits per heavy atom. The summed E-state index contributed by atoms with van der Waals surface area (Å²) in [6.07, 6.45) is 0.843. The van der Waals surface area contributed by atoms with Crippen LogP contribution in [-0.2, 0) is 0 Å². The third kappa shape index (κ3) is 2.66. The van der Waals surface area contributed by atoms with Crippen LogP contribution in [0.1, 0.15) is 36.0 Å². The minimum absolute atomic E-state index is 0.0323. The highest BCUT2D eigenvalue weighted by Gasteiger charge is 2.46. The number of benzene rings is 1. The molecular formula is C18H22F2N2O2. The molecular weight excluding hydrogens is 314 g/mol. The van der Waals surface area contributed by atoms with E-state index >= 15 is 0 Å². The number of nitrogens with zero attached hydrogens (tertiary/aromatic N) is 2. The van der Waals surface area contributed by atoms with Gasteiger partial charge in [0.15, 0.2) is 0 Å². The highest BCUT2D eigenvalue weighted by atomic mass is 19.3. The number of fused-ring (bicyclic) bond motifs is 2. The van der Waals surface area contributed by atoms with Crippen LogP contribution >= 0.6 is 0 Å². The van der Waals surface area contributed by atoms with Crippen molar-refractivity contribution in [2.24, 2.45) is 0 Å². The first-order valence-electron chi connectivity index (χ1n) is 8.59. The van der Waals surface area contributed by atoms with E-state index in [2.05, 4.69) is 4.90 Å². The number of amides is 1. The zero-order valence-corrected chi connectivity index (χ0v) is 13.8. The average molecular weight is 336 g/mol. The summed E-state index contributed by atoms with van der Waals surface area (Å²) in [5.74, 6) is -1.92. The second kappa shape index (κ2) is 5.69. The molecule has 130 valence electrons. The molecule has 2 fully saturated rings. The molecule has 2 atom stereocenters. The minimum Gasteiger partial charge on any atom is -0.486 e. The lowest BCUT2D eigenvalue weighted by Crippen LogP contribution is -2.44. The monoisotopic (exact) mass is 336 g/mol. The summed E-state index contributed by atoms with van der Waals surface area (Å²) in [7, 11) is 1.81. The summed E-state index contributed by atoms with van der Waals surface area (Å²) >= 11 is 0. The second-order valence-electron chi connectivity index (χ2n) is 7.18. The number of ether oxygens (including phenoxy) is 1. The van der Waals surface area contributed by atoms with E-state index in [-0.39, 0.29) is 36.9 Å². The van der Waals surface area contributed by atoms with Crippen LogP contribution in [0.5, 0.6) is 5.75 Å². The van der Waals surface area contributed by atoms with Crippen LogP contribution in [0.25, 0.3) is 0 Å². The highest BCUT2D eigenvalue weighted by molar-refractivity contribution is 5.97. The first kappa shape index (κ1) is 15.8. The molecule has 4 rings (SSSR count). The predicted molar refractivity (Wildman–Crippen MR) is 85.5 cm³/mol. The standard InChI is InChI=1S/C18H22F2N2O2/c1-21-14-10-22(12-6-8-18(19,20)9-7-12)11-16(14)24-15-5-3-2-4-13(15)17(21)23/h2-5,12,14,16H,6-11H2,1H3. The summed E-state index contributed by atoms with van der Waals surface area (Å²) in [5.41, 5.74) is 0.596. The lowest BCUT2D eigenvalue weighted by Gasteiger charge is -2.34. The molecule has 3 aliphatic rings. The van der Waals surface area contributed by atoms with Crippen LogP contribution in [0.4, 0.5) is 8.78 Å². The smallest absolute Gasteiger partial charge is 0.257 e. The fraction of sp³-hybridized carbons (Fsp3) is 0.611. The summed E-state index contributed by atoms with van der Waals surface area (Å²) in [6.45, 7) is 1.38. The molecule has 1 aromatic rings. The number of carbonyl (C=O) groups excluding carboxylic acids is 1. The van der Waals surface area contributed by atoms with Gasteiger partial charge < -0.3 is 9.64 Å². The van der Waals surface area contributed by atoms with E-state index in [1.54, 1.807) is 11.0 Å². The largest absolute Gasteiger partial charge is 0.486 e. The predicted octanol–water partition coefficient (Wildman–Crippen LogP) is 2.78. The fourth-order valence-corrected chi connectivity index (χ4v) is 4.21. The maximum Gasteiger partial charge on any atom is 0.257 e. The lowest BCUT2D eigenvalue weighted by atomic mass is 9.91. The van der Waals surface area contributed by atoms with Crippen molar-refractivity contribution in [1.29, 1.82) is 0 Å². The van der Waals surface area contributed by atoms with Gasteiger partial charge in [-0.2, -0.15) is 0 Å². The normalized spacial score (nSPS) is 30.5. The third-order valence-electron chi connectivity index (χ3n) is 5.68.